The van der Waals surface area contributed by atoms with E-state index >= 15 is 0 Å². The molecule has 2 aromatic rings. The number of amides is 1. The Morgan fingerprint density at radius 1 is 1.19 bits per heavy atom. The number of hydrogen-bond acceptors (Lipinski definition) is 8. The second-order valence-electron chi connectivity index (χ2n) is 8.15. The van der Waals surface area contributed by atoms with E-state index in [0.29, 0.717) is 50.5 Å². The highest BCUT2D eigenvalue weighted by molar-refractivity contribution is 7.91. The van der Waals surface area contributed by atoms with Crippen LogP contribution in [0.5, 0.6) is 5.75 Å². The molecule has 0 saturated carbocycles. The van der Waals surface area contributed by atoms with Crippen LogP contribution in [0.4, 0.5) is 0 Å². The average Bonchev–Trinajstić information content (AvgIpc) is 3.39. The molecule has 2 aliphatic rings. The molecule has 1 aromatic carbocycles. The number of hydrogen-bond donors (Lipinski definition) is 0. The maximum absolute atomic E-state index is 13.1. The van der Waals surface area contributed by atoms with Crippen LogP contribution in [0, 0.1) is 13.8 Å². The Hall–Kier alpha value is -2.43. The number of likely N-dealkylation sites (tertiary alicyclic amines) is 1. The predicted molar refractivity (Wildman–Crippen MR) is 115 cm³/mol. The lowest BCUT2D eigenvalue weighted by Crippen LogP contribution is -2.47. The third-order valence-corrected chi connectivity index (χ3v) is 7.92. The first-order valence-electron chi connectivity index (χ1n) is 10.6. The molecule has 4 rings (SSSR count). The molecule has 9 nitrogen and oxygen atoms in total. The van der Waals surface area contributed by atoms with Crippen molar-refractivity contribution in [1.29, 1.82) is 0 Å². The van der Waals surface area contributed by atoms with E-state index in [-0.39, 0.29) is 28.7 Å². The third kappa shape index (κ3) is 4.39. The second kappa shape index (κ2) is 8.84. The van der Waals surface area contributed by atoms with E-state index in [9.17, 15) is 13.2 Å². The van der Waals surface area contributed by atoms with Gasteiger partial charge in [0, 0.05) is 43.5 Å². The minimum absolute atomic E-state index is 0.0316. The number of sulfone groups is 1. The van der Waals surface area contributed by atoms with E-state index in [4.69, 9.17) is 18.7 Å². The summed E-state index contributed by atoms with van der Waals surface area (Å²) in [5.74, 6) is -0.345. The van der Waals surface area contributed by atoms with Gasteiger partial charge < -0.3 is 23.6 Å². The molecule has 1 amide bonds. The summed E-state index contributed by atoms with van der Waals surface area (Å²) >= 11 is 0. The molecule has 10 heteroatoms. The van der Waals surface area contributed by atoms with Crippen molar-refractivity contribution < 1.29 is 31.9 Å². The Bertz CT molecular complexity index is 1090. The van der Waals surface area contributed by atoms with Crippen molar-refractivity contribution in [2.75, 3.05) is 39.2 Å². The number of aryl methyl sites for hydroxylation is 1. The lowest BCUT2D eigenvalue weighted by Gasteiger charge is -2.37. The monoisotopic (exact) mass is 464 g/mol. The highest BCUT2D eigenvalue weighted by Crippen LogP contribution is 2.34. The molecule has 0 bridgehead atoms. The Morgan fingerprint density at radius 3 is 2.47 bits per heavy atom. The normalized spacial score (nSPS) is 18.3. The number of rotatable bonds is 6. The first kappa shape index (κ1) is 22.8. The summed E-state index contributed by atoms with van der Waals surface area (Å²) in [6, 6.07) is 4.84. The standard InChI is InChI=1S/C22H28N2O7S/c1-15-16(2)23-31-21(15)17-4-5-18(28-3)19(14-17)32(26,27)13-6-20(25)24-9-7-22(8-10-24)29-11-12-30-22/h4-5,14H,6-13H2,1-3H3. The zero-order valence-electron chi connectivity index (χ0n) is 18.5. The summed E-state index contributed by atoms with van der Waals surface area (Å²) in [7, 11) is -2.36. The van der Waals surface area contributed by atoms with E-state index in [2.05, 4.69) is 5.16 Å². The number of nitrogens with zero attached hydrogens (tertiary/aromatic N) is 2. The van der Waals surface area contributed by atoms with Gasteiger partial charge in [0.1, 0.15) is 10.6 Å². The van der Waals surface area contributed by atoms with Crippen LogP contribution >= 0.6 is 0 Å². The van der Waals surface area contributed by atoms with Crippen LogP contribution in [0.25, 0.3) is 11.3 Å². The van der Waals surface area contributed by atoms with Crippen LogP contribution < -0.4 is 4.74 Å². The number of carbonyl (C=O) groups excluding carboxylic acids is 1. The Balaban J connectivity index is 1.46. The van der Waals surface area contributed by atoms with E-state index in [0.717, 1.165) is 11.3 Å². The zero-order valence-corrected chi connectivity index (χ0v) is 19.4. The van der Waals surface area contributed by atoms with Crippen molar-refractivity contribution >= 4 is 15.7 Å². The molecule has 2 aliphatic heterocycles. The zero-order chi connectivity index (χ0) is 22.9. The van der Waals surface area contributed by atoms with Crippen molar-refractivity contribution in [3.63, 3.8) is 0 Å². The largest absolute Gasteiger partial charge is 0.495 e. The Kier molecular flexibility index (Phi) is 6.28. The maximum Gasteiger partial charge on any atom is 0.223 e. The number of methoxy groups -OCH3 is 1. The molecule has 174 valence electrons. The molecule has 0 N–H and O–H groups in total. The first-order chi connectivity index (χ1) is 15.2. The van der Waals surface area contributed by atoms with E-state index < -0.39 is 15.6 Å². The molecule has 2 saturated heterocycles. The Labute approximate surface area is 187 Å². The van der Waals surface area contributed by atoms with Crippen LogP contribution in [0.3, 0.4) is 0 Å². The molecule has 1 aromatic heterocycles. The summed E-state index contributed by atoms with van der Waals surface area (Å²) in [6.45, 7) is 5.80. The maximum atomic E-state index is 13.1. The van der Waals surface area contributed by atoms with Gasteiger partial charge in [-0.2, -0.15) is 0 Å². The van der Waals surface area contributed by atoms with Crippen LogP contribution in [-0.2, 0) is 24.1 Å². The van der Waals surface area contributed by atoms with Crippen LogP contribution in [0.2, 0.25) is 0 Å². The molecular weight excluding hydrogens is 436 g/mol. The smallest absolute Gasteiger partial charge is 0.223 e. The van der Waals surface area contributed by atoms with E-state index in [1.165, 1.54) is 13.2 Å². The number of aromatic nitrogens is 1. The van der Waals surface area contributed by atoms with Crippen LogP contribution in [0.15, 0.2) is 27.6 Å². The topological polar surface area (TPSA) is 108 Å². The molecule has 0 radical (unpaired) electrons. The fourth-order valence-corrected chi connectivity index (χ4v) is 5.55. The van der Waals surface area contributed by atoms with Crippen molar-refractivity contribution in [2.45, 2.75) is 43.8 Å². The van der Waals surface area contributed by atoms with Gasteiger partial charge in [-0.3, -0.25) is 4.79 Å². The minimum Gasteiger partial charge on any atom is -0.495 e. The highest BCUT2D eigenvalue weighted by Gasteiger charge is 2.40. The summed E-state index contributed by atoms with van der Waals surface area (Å²) < 4.78 is 48.3. The molecular formula is C22H28N2O7S. The molecule has 3 heterocycles. The third-order valence-electron chi connectivity index (χ3n) is 6.19. The fraction of sp³-hybridized carbons (Fsp3) is 0.545. The molecule has 0 unspecified atom stereocenters. The number of piperidine rings is 1. The molecule has 0 aliphatic carbocycles. The number of carbonyl (C=O) groups is 1. The quantitative estimate of drug-likeness (QED) is 0.642. The lowest BCUT2D eigenvalue weighted by atomic mass is 10.0. The van der Waals surface area contributed by atoms with Gasteiger partial charge in [-0.05, 0) is 32.0 Å². The van der Waals surface area contributed by atoms with E-state index in [1.807, 2.05) is 13.8 Å². The fourth-order valence-electron chi connectivity index (χ4n) is 4.12. The predicted octanol–water partition coefficient (Wildman–Crippen LogP) is 2.50. The summed E-state index contributed by atoms with van der Waals surface area (Å²) in [4.78, 5) is 14.4. The van der Waals surface area contributed by atoms with Gasteiger partial charge in [-0.15, -0.1) is 0 Å². The molecule has 2 fully saturated rings. The van der Waals surface area contributed by atoms with Gasteiger partial charge in [0.05, 0.1) is 31.8 Å². The van der Waals surface area contributed by atoms with Gasteiger partial charge in [0.15, 0.2) is 21.4 Å². The van der Waals surface area contributed by atoms with Crippen LogP contribution in [0.1, 0.15) is 30.5 Å². The molecule has 1 spiro atoms. The number of ether oxygens (including phenoxy) is 3. The van der Waals surface area contributed by atoms with Gasteiger partial charge in [-0.25, -0.2) is 8.42 Å². The van der Waals surface area contributed by atoms with Gasteiger partial charge in [0.2, 0.25) is 5.91 Å². The SMILES string of the molecule is COc1ccc(-c2onc(C)c2C)cc1S(=O)(=O)CCC(=O)N1CCC2(CC1)OCCO2. The Morgan fingerprint density at radius 2 is 1.88 bits per heavy atom. The van der Waals surface area contributed by atoms with Gasteiger partial charge >= 0.3 is 0 Å². The summed E-state index contributed by atoms with van der Waals surface area (Å²) in [5.41, 5.74) is 2.17. The van der Waals surface area contributed by atoms with Crippen LogP contribution in [-0.4, -0.2) is 69.3 Å². The van der Waals surface area contributed by atoms with Gasteiger partial charge in [-0.1, -0.05) is 5.16 Å². The minimum atomic E-state index is -3.78. The molecule has 32 heavy (non-hydrogen) atoms. The van der Waals surface area contributed by atoms with Crippen molar-refractivity contribution in [1.82, 2.24) is 10.1 Å². The van der Waals surface area contributed by atoms with Crippen molar-refractivity contribution in [2.24, 2.45) is 0 Å². The van der Waals surface area contributed by atoms with Gasteiger partial charge in [0.25, 0.3) is 0 Å². The average molecular weight is 465 g/mol. The summed E-state index contributed by atoms with van der Waals surface area (Å²) in [5, 5.41) is 3.94. The van der Waals surface area contributed by atoms with Crippen molar-refractivity contribution in [3.8, 4) is 17.1 Å². The number of benzene rings is 1. The highest BCUT2D eigenvalue weighted by atomic mass is 32.2. The first-order valence-corrected chi connectivity index (χ1v) is 12.3. The summed E-state index contributed by atoms with van der Waals surface area (Å²) in [6.07, 6.45) is 1.08. The van der Waals surface area contributed by atoms with Crippen molar-refractivity contribution in [3.05, 3.63) is 29.5 Å². The molecule has 0 atom stereocenters. The van der Waals surface area contributed by atoms with E-state index in [1.54, 1.807) is 17.0 Å². The second-order valence-corrected chi connectivity index (χ2v) is 10.2. The lowest BCUT2D eigenvalue weighted by molar-refractivity contribution is -0.187.